The van der Waals surface area contributed by atoms with Crippen molar-refractivity contribution in [1.82, 2.24) is 4.98 Å². The van der Waals surface area contributed by atoms with Gasteiger partial charge in [-0.1, -0.05) is 42.5 Å². The van der Waals surface area contributed by atoms with Gasteiger partial charge in [-0.25, -0.2) is 9.78 Å². The smallest absolute Gasteiger partial charge is 0.339 e. The average Bonchev–Trinajstić information content (AvgIpc) is 2.74. The lowest BCUT2D eigenvalue weighted by molar-refractivity contribution is -0.120. The summed E-state index contributed by atoms with van der Waals surface area (Å²) in [5.74, 6) is -0.178. The molecule has 0 aliphatic carbocycles. The van der Waals surface area contributed by atoms with Crippen LogP contribution in [0.15, 0.2) is 72.9 Å². The Morgan fingerprint density at radius 1 is 0.966 bits per heavy atom. The third-order valence-electron chi connectivity index (χ3n) is 4.68. The van der Waals surface area contributed by atoms with Crippen LogP contribution in [0.5, 0.6) is 0 Å². The van der Waals surface area contributed by atoms with Crippen LogP contribution in [0.3, 0.4) is 0 Å². The SMILES string of the molecule is COC(=O)c1ccccc1Nc1ccnc(NC(=O)C(C)(C)c2ccccc2)c1. The maximum absolute atomic E-state index is 12.9. The Balaban J connectivity index is 1.79. The van der Waals surface area contributed by atoms with Gasteiger partial charge in [0.25, 0.3) is 0 Å². The second kappa shape index (κ2) is 8.56. The lowest BCUT2D eigenvalue weighted by Gasteiger charge is -2.24. The molecule has 1 heterocycles. The van der Waals surface area contributed by atoms with Gasteiger partial charge in [0.1, 0.15) is 5.82 Å². The van der Waals surface area contributed by atoms with Crippen LogP contribution in [0.1, 0.15) is 29.8 Å². The molecule has 2 aromatic carbocycles. The van der Waals surface area contributed by atoms with E-state index in [0.29, 0.717) is 22.8 Å². The molecule has 0 radical (unpaired) electrons. The standard InChI is InChI=1S/C23H23N3O3/c1-23(2,16-9-5-4-6-10-16)22(28)26-20-15-17(13-14-24-20)25-19-12-8-7-11-18(19)21(27)29-3/h4-15H,1-3H3,(H2,24,25,26,28). The van der Waals surface area contributed by atoms with Crippen LogP contribution < -0.4 is 10.6 Å². The van der Waals surface area contributed by atoms with E-state index < -0.39 is 11.4 Å². The number of pyridine rings is 1. The van der Waals surface area contributed by atoms with Crippen molar-refractivity contribution in [2.24, 2.45) is 0 Å². The Bertz CT molecular complexity index is 1020. The van der Waals surface area contributed by atoms with Gasteiger partial charge in [0, 0.05) is 18.0 Å². The molecule has 29 heavy (non-hydrogen) atoms. The highest BCUT2D eigenvalue weighted by atomic mass is 16.5. The van der Waals surface area contributed by atoms with E-state index >= 15 is 0 Å². The Hall–Kier alpha value is -3.67. The molecule has 0 atom stereocenters. The summed E-state index contributed by atoms with van der Waals surface area (Å²) in [6, 6.07) is 20.1. The summed E-state index contributed by atoms with van der Waals surface area (Å²) in [6.45, 7) is 3.73. The number of esters is 1. The minimum absolute atomic E-state index is 0.164. The first-order valence-corrected chi connectivity index (χ1v) is 9.19. The number of benzene rings is 2. The van der Waals surface area contributed by atoms with Gasteiger partial charge in [-0.2, -0.15) is 0 Å². The van der Waals surface area contributed by atoms with Crippen LogP contribution >= 0.6 is 0 Å². The summed E-state index contributed by atoms with van der Waals surface area (Å²) in [4.78, 5) is 29.0. The number of hydrogen-bond acceptors (Lipinski definition) is 5. The number of carbonyl (C=O) groups excluding carboxylic acids is 2. The summed E-state index contributed by atoms with van der Waals surface area (Å²) >= 11 is 0. The largest absolute Gasteiger partial charge is 0.465 e. The van der Waals surface area contributed by atoms with Crippen LogP contribution in [-0.2, 0) is 14.9 Å². The first-order chi connectivity index (χ1) is 13.9. The Kier molecular flexibility index (Phi) is 5.93. The molecule has 3 aromatic rings. The molecule has 0 fully saturated rings. The number of para-hydroxylation sites is 1. The summed E-state index contributed by atoms with van der Waals surface area (Å²) in [6.07, 6.45) is 1.59. The van der Waals surface area contributed by atoms with Crippen molar-refractivity contribution < 1.29 is 14.3 Å². The first kappa shape index (κ1) is 20.1. The third-order valence-corrected chi connectivity index (χ3v) is 4.68. The van der Waals surface area contributed by atoms with Crippen molar-refractivity contribution in [1.29, 1.82) is 0 Å². The molecule has 0 aliphatic rings. The molecule has 2 N–H and O–H groups in total. The highest BCUT2D eigenvalue weighted by Crippen LogP contribution is 2.26. The molecule has 6 heteroatoms. The second-order valence-electron chi connectivity index (χ2n) is 7.04. The average molecular weight is 389 g/mol. The number of ether oxygens (including phenoxy) is 1. The van der Waals surface area contributed by atoms with Gasteiger partial charge in [-0.05, 0) is 37.6 Å². The molecule has 0 unspecified atom stereocenters. The summed E-state index contributed by atoms with van der Waals surface area (Å²) in [7, 11) is 1.34. The predicted molar refractivity (Wildman–Crippen MR) is 113 cm³/mol. The molecule has 3 rings (SSSR count). The zero-order valence-electron chi connectivity index (χ0n) is 16.6. The number of hydrogen-bond donors (Lipinski definition) is 2. The molecule has 148 valence electrons. The number of amides is 1. The first-order valence-electron chi connectivity index (χ1n) is 9.19. The van der Waals surface area contributed by atoms with Crippen molar-refractivity contribution in [3.05, 3.63) is 84.1 Å². The van der Waals surface area contributed by atoms with Crippen LogP contribution in [0.25, 0.3) is 0 Å². The van der Waals surface area contributed by atoms with Gasteiger partial charge in [-0.15, -0.1) is 0 Å². The zero-order chi connectivity index (χ0) is 20.9. The van der Waals surface area contributed by atoms with Crippen molar-refractivity contribution in [2.45, 2.75) is 19.3 Å². The normalized spacial score (nSPS) is 10.9. The lowest BCUT2D eigenvalue weighted by Crippen LogP contribution is -2.34. The number of anilines is 3. The van der Waals surface area contributed by atoms with Gasteiger partial charge in [0.05, 0.1) is 23.8 Å². The van der Waals surface area contributed by atoms with Crippen LogP contribution in [0.4, 0.5) is 17.2 Å². The molecular formula is C23H23N3O3. The van der Waals surface area contributed by atoms with E-state index in [-0.39, 0.29) is 5.91 Å². The highest BCUT2D eigenvalue weighted by molar-refractivity contribution is 5.99. The third kappa shape index (κ3) is 4.60. The van der Waals surface area contributed by atoms with Crippen molar-refractivity contribution in [2.75, 3.05) is 17.7 Å². The summed E-state index contributed by atoms with van der Waals surface area (Å²) in [5.41, 5.74) is 1.90. The number of methoxy groups -OCH3 is 1. The van der Waals surface area contributed by atoms with E-state index in [0.717, 1.165) is 5.56 Å². The fourth-order valence-corrected chi connectivity index (χ4v) is 2.87. The number of rotatable bonds is 6. The van der Waals surface area contributed by atoms with E-state index in [1.54, 1.807) is 36.5 Å². The fraction of sp³-hybridized carbons (Fsp3) is 0.174. The van der Waals surface area contributed by atoms with E-state index in [1.165, 1.54) is 7.11 Å². The minimum atomic E-state index is -0.718. The number of carbonyl (C=O) groups is 2. The molecule has 6 nitrogen and oxygen atoms in total. The van der Waals surface area contributed by atoms with E-state index in [9.17, 15) is 9.59 Å². The Morgan fingerprint density at radius 3 is 2.38 bits per heavy atom. The van der Waals surface area contributed by atoms with E-state index in [4.69, 9.17) is 4.74 Å². The highest BCUT2D eigenvalue weighted by Gasteiger charge is 2.29. The molecular weight excluding hydrogens is 366 g/mol. The zero-order valence-corrected chi connectivity index (χ0v) is 16.6. The van der Waals surface area contributed by atoms with Crippen molar-refractivity contribution in [3.63, 3.8) is 0 Å². The van der Waals surface area contributed by atoms with Crippen LogP contribution in [0, 0.1) is 0 Å². The fourth-order valence-electron chi connectivity index (χ4n) is 2.87. The second-order valence-corrected chi connectivity index (χ2v) is 7.04. The Morgan fingerprint density at radius 2 is 1.66 bits per heavy atom. The number of aromatic nitrogens is 1. The topological polar surface area (TPSA) is 80.3 Å². The van der Waals surface area contributed by atoms with Gasteiger partial charge >= 0.3 is 5.97 Å². The molecule has 0 saturated heterocycles. The monoisotopic (exact) mass is 389 g/mol. The molecule has 0 saturated carbocycles. The molecule has 0 bridgehead atoms. The maximum Gasteiger partial charge on any atom is 0.339 e. The number of nitrogens with one attached hydrogen (secondary N) is 2. The van der Waals surface area contributed by atoms with Gasteiger partial charge in [-0.3, -0.25) is 4.79 Å². The van der Waals surface area contributed by atoms with Crippen LogP contribution in [-0.4, -0.2) is 24.0 Å². The summed E-state index contributed by atoms with van der Waals surface area (Å²) in [5, 5.41) is 6.05. The van der Waals surface area contributed by atoms with Crippen molar-refractivity contribution in [3.8, 4) is 0 Å². The van der Waals surface area contributed by atoms with E-state index in [1.807, 2.05) is 50.2 Å². The van der Waals surface area contributed by atoms with Gasteiger partial charge in [0.15, 0.2) is 0 Å². The lowest BCUT2D eigenvalue weighted by atomic mass is 9.84. The number of nitrogens with zero attached hydrogens (tertiary/aromatic N) is 1. The van der Waals surface area contributed by atoms with Gasteiger partial charge in [0.2, 0.25) is 5.91 Å². The summed E-state index contributed by atoms with van der Waals surface area (Å²) < 4.78 is 4.82. The molecule has 1 amide bonds. The minimum Gasteiger partial charge on any atom is -0.465 e. The van der Waals surface area contributed by atoms with Crippen LogP contribution in [0.2, 0.25) is 0 Å². The maximum atomic E-state index is 12.9. The van der Waals surface area contributed by atoms with Gasteiger partial charge < -0.3 is 15.4 Å². The molecule has 1 aromatic heterocycles. The molecule has 0 aliphatic heterocycles. The Labute approximate surface area is 169 Å². The molecule has 0 spiro atoms. The quantitative estimate of drug-likeness (QED) is 0.606. The predicted octanol–water partition coefficient (Wildman–Crippen LogP) is 4.53. The van der Waals surface area contributed by atoms with Crippen molar-refractivity contribution >= 4 is 29.1 Å². The van der Waals surface area contributed by atoms with E-state index in [2.05, 4.69) is 15.6 Å².